The first kappa shape index (κ1) is 25.9. The Bertz CT molecular complexity index is 1270. The summed E-state index contributed by atoms with van der Waals surface area (Å²) in [6, 6.07) is 8.95. The summed E-state index contributed by atoms with van der Waals surface area (Å²) in [7, 11) is 0. The lowest BCUT2D eigenvalue weighted by atomic mass is 9.98. The van der Waals surface area contributed by atoms with Gasteiger partial charge in [-0.2, -0.15) is 0 Å². The Morgan fingerprint density at radius 2 is 1.63 bits per heavy atom. The summed E-state index contributed by atoms with van der Waals surface area (Å²) in [6.45, 7) is 4.17. The van der Waals surface area contributed by atoms with Crippen LogP contribution in [0.15, 0.2) is 48.1 Å². The maximum atomic E-state index is 13.1. The van der Waals surface area contributed by atoms with Gasteiger partial charge in [-0.3, -0.25) is 20.4 Å². The summed E-state index contributed by atoms with van der Waals surface area (Å²) >= 11 is 7.15. The fourth-order valence-electron chi connectivity index (χ4n) is 4.52. The van der Waals surface area contributed by atoms with E-state index in [4.69, 9.17) is 11.6 Å². The molecule has 5 rings (SSSR count). The molecule has 0 unspecified atom stereocenters. The predicted molar refractivity (Wildman–Crippen MR) is 143 cm³/mol. The van der Waals surface area contributed by atoms with Crippen molar-refractivity contribution >= 4 is 46.6 Å². The Balaban J connectivity index is 1.07. The molecule has 198 valence electrons. The highest BCUT2D eigenvalue weighted by atomic mass is 35.5. The van der Waals surface area contributed by atoms with Gasteiger partial charge >= 0.3 is 6.03 Å². The third-order valence-corrected chi connectivity index (χ3v) is 7.90. The van der Waals surface area contributed by atoms with Crippen molar-refractivity contribution < 1.29 is 14.4 Å². The number of anilines is 1. The molecule has 2 aliphatic rings. The van der Waals surface area contributed by atoms with Crippen LogP contribution in [0.5, 0.6) is 0 Å². The fraction of sp³-hybridized carbons (Fsp3) is 0.360. The number of nitrogens with one attached hydrogen (secondary N) is 2. The molecule has 11 nitrogen and oxygen atoms in total. The van der Waals surface area contributed by atoms with Crippen molar-refractivity contribution in [2.45, 2.75) is 18.8 Å². The van der Waals surface area contributed by atoms with Gasteiger partial charge in [0, 0.05) is 63.0 Å². The lowest BCUT2D eigenvalue weighted by Crippen LogP contribution is -2.54. The van der Waals surface area contributed by atoms with E-state index in [0.29, 0.717) is 26.2 Å². The number of nitrogens with zero attached hydrogens (tertiary/aromatic N) is 6. The number of thiazole rings is 1. The molecule has 0 radical (unpaired) electrons. The molecule has 38 heavy (non-hydrogen) atoms. The number of carbonyl (C=O) groups excluding carboxylic acids is 3. The number of hydrazine groups is 1. The highest BCUT2D eigenvalue weighted by molar-refractivity contribution is 7.09. The molecule has 2 aliphatic heterocycles. The van der Waals surface area contributed by atoms with E-state index in [1.54, 1.807) is 11.6 Å². The summed E-state index contributed by atoms with van der Waals surface area (Å²) in [5, 5.41) is 2.81. The molecule has 0 spiro atoms. The first-order chi connectivity index (χ1) is 18.5. The van der Waals surface area contributed by atoms with Crippen LogP contribution in [0.4, 0.5) is 10.6 Å². The monoisotopic (exact) mass is 554 g/mol. The normalized spacial score (nSPS) is 16.3. The molecule has 3 aromatic heterocycles. The lowest BCUT2D eigenvalue weighted by molar-refractivity contribution is 0.0844. The number of rotatable bonds is 4. The number of hydrogen-bond donors (Lipinski definition) is 2. The van der Waals surface area contributed by atoms with Gasteiger partial charge in [0.05, 0.1) is 10.6 Å². The summed E-state index contributed by atoms with van der Waals surface area (Å²) in [6.07, 6.45) is 4.68. The number of halogens is 1. The van der Waals surface area contributed by atoms with Crippen LogP contribution in [-0.4, -0.2) is 81.9 Å². The molecule has 0 aliphatic carbocycles. The Morgan fingerprint density at radius 3 is 2.32 bits per heavy atom. The Kier molecular flexibility index (Phi) is 7.99. The van der Waals surface area contributed by atoms with Crippen LogP contribution in [0.3, 0.4) is 0 Å². The maximum Gasteiger partial charge on any atom is 0.320 e. The van der Waals surface area contributed by atoms with Crippen molar-refractivity contribution in [2.24, 2.45) is 0 Å². The van der Waals surface area contributed by atoms with E-state index in [-0.39, 0.29) is 28.4 Å². The number of amides is 4. The van der Waals surface area contributed by atoms with Crippen LogP contribution < -0.4 is 15.8 Å². The molecule has 2 N–H and O–H groups in total. The predicted octanol–water partition coefficient (Wildman–Crippen LogP) is 2.78. The zero-order valence-corrected chi connectivity index (χ0v) is 22.1. The van der Waals surface area contributed by atoms with Crippen molar-refractivity contribution in [3.8, 4) is 0 Å². The van der Waals surface area contributed by atoms with E-state index in [2.05, 4.69) is 30.7 Å². The SMILES string of the molecule is O=C(NNC(=O)c1csc(C2CCN(C(=O)N3CCN(c4ccccn4)CC3)CC2)n1)c1ccc(Cl)nc1. The van der Waals surface area contributed by atoms with Crippen molar-refractivity contribution in [3.63, 3.8) is 0 Å². The van der Waals surface area contributed by atoms with Gasteiger partial charge in [-0.25, -0.2) is 19.7 Å². The lowest BCUT2D eigenvalue weighted by Gasteiger charge is -2.39. The standard InChI is InChI=1S/C25H27ClN8O3S/c26-20-5-4-18(15-28-20)22(35)30-31-23(36)19-16-38-24(29-19)17-6-9-33(10-7-17)25(37)34-13-11-32(12-14-34)21-3-1-2-8-27-21/h1-5,8,15-17H,6-7,9-14H2,(H,30,35)(H,31,36). The van der Waals surface area contributed by atoms with E-state index in [1.807, 2.05) is 28.0 Å². The number of piperidine rings is 1. The fourth-order valence-corrected chi connectivity index (χ4v) is 5.61. The number of carbonyl (C=O) groups is 3. The molecule has 0 saturated carbocycles. The molecule has 13 heteroatoms. The van der Waals surface area contributed by atoms with Crippen LogP contribution in [-0.2, 0) is 0 Å². The molecular formula is C25H27ClN8O3S. The van der Waals surface area contributed by atoms with Crippen LogP contribution in [0.2, 0.25) is 5.15 Å². The molecule has 0 bridgehead atoms. The topological polar surface area (TPSA) is 124 Å². The van der Waals surface area contributed by atoms with E-state index in [9.17, 15) is 14.4 Å². The third-order valence-electron chi connectivity index (χ3n) is 6.67. The van der Waals surface area contributed by atoms with E-state index < -0.39 is 11.8 Å². The number of hydrogen-bond acceptors (Lipinski definition) is 8. The minimum absolute atomic E-state index is 0.0787. The molecule has 2 saturated heterocycles. The van der Waals surface area contributed by atoms with Gasteiger partial charge in [0.2, 0.25) is 0 Å². The second-order valence-electron chi connectivity index (χ2n) is 9.05. The second kappa shape index (κ2) is 11.7. The van der Waals surface area contributed by atoms with Crippen molar-refractivity contribution in [1.29, 1.82) is 0 Å². The number of piperazine rings is 1. The van der Waals surface area contributed by atoms with E-state index >= 15 is 0 Å². The van der Waals surface area contributed by atoms with E-state index in [1.165, 1.54) is 29.7 Å². The number of aromatic nitrogens is 3. The molecule has 5 heterocycles. The van der Waals surface area contributed by atoms with Gasteiger partial charge < -0.3 is 14.7 Å². The smallest absolute Gasteiger partial charge is 0.320 e. The zero-order valence-electron chi connectivity index (χ0n) is 20.5. The van der Waals surface area contributed by atoms with Gasteiger partial charge in [0.1, 0.15) is 16.7 Å². The van der Waals surface area contributed by atoms with Crippen LogP contribution >= 0.6 is 22.9 Å². The number of urea groups is 1. The number of pyridine rings is 2. The highest BCUT2D eigenvalue weighted by Crippen LogP contribution is 2.31. The Morgan fingerprint density at radius 1 is 0.895 bits per heavy atom. The van der Waals surface area contributed by atoms with E-state index in [0.717, 1.165) is 36.8 Å². The summed E-state index contributed by atoms with van der Waals surface area (Å²) in [5.74, 6) is 0.118. The quantitative estimate of drug-likeness (QED) is 0.375. The van der Waals surface area contributed by atoms with Crippen LogP contribution in [0.1, 0.15) is 44.6 Å². The molecule has 0 aromatic carbocycles. The third kappa shape index (κ3) is 6.03. The van der Waals surface area contributed by atoms with Gasteiger partial charge in [0.25, 0.3) is 11.8 Å². The van der Waals surface area contributed by atoms with Gasteiger partial charge in [-0.05, 0) is 37.1 Å². The van der Waals surface area contributed by atoms with Gasteiger partial charge in [0.15, 0.2) is 0 Å². The van der Waals surface area contributed by atoms with Crippen molar-refractivity contribution in [1.82, 2.24) is 35.6 Å². The zero-order chi connectivity index (χ0) is 26.5. The highest BCUT2D eigenvalue weighted by Gasteiger charge is 2.30. The molecule has 0 atom stereocenters. The van der Waals surface area contributed by atoms with Crippen molar-refractivity contribution in [2.75, 3.05) is 44.2 Å². The molecule has 4 amide bonds. The number of likely N-dealkylation sites (tertiary alicyclic amines) is 1. The maximum absolute atomic E-state index is 13.1. The Hall–Kier alpha value is -3.77. The van der Waals surface area contributed by atoms with Gasteiger partial charge in [-0.1, -0.05) is 17.7 Å². The summed E-state index contributed by atoms with van der Waals surface area (Å²) in [4.78, 5) is 56.5. The largest absolute Gasteiger partial charge is 0.353 e. The molecule has 3 aromatic rings. The summed E-state index contributed by atoms with van der Waals surface area (Å²) < 4.78 is 0. The van der Waals surface area contributed by atoms with Crippen LogP contribution in [0.25, 0.3) is 0 Å². The first-order valence-corrected chi connectivity index (χ1v) is 13.6. The minimum Gasteiger partial charge on any atom is -0.353 e. The summed E-state index contributed by atoms with van der Waals surface area (Å²) in [5.41, 5.74) is 5.24. The average molecular weight is 555 g/mol. The molecular weight excluding hydrogens is 528 g/mol. The van der Waals surface area contributed by atoms with Crippen molar-refractivity contribution in [3.05, 3.63) is 69.5 Å². The second-order valence-corrected chi connectivity index (χ2v) is 10.3. The van der Waals surface area contributed by atoms with Gasteiger partial charge in [-0.15, -0.1) is 11.3 Å². The Labute approximate surface area is 228 Å². The first-order valence-electron chi connectivity index (χ1n) is 12.4. The molecule has 2 fully saturated rings. The van der Waals surface area contributed by atoms with Crippen LogP contribution in [0, 0.1) is 0 Å². The minimum atomic E-state index is -0.506. The average Bonchev–Trinajstić information content (AvgIpc) is 3.47.